The zero-order valence-electron chi connectivity index (χ0n) is 27.5. The standard InChI is InChI=1S/C32H45F3N8O4.CH4/c1-20(2)38-28(45)23-7-6-8-25(23)40-26-24(32(33,34)35)19-37-29(41-26)39-22-11-9-21(10-12-22)27(44)36-13-14-42-15-17-43(18-16-42)30(46)47-31(3,4)5;/h9-12,19-20,23,25H,6-8,13-18H2,1-5H3,(H,36,44)(H,38,45)(H2,37,39,40,41);1H4/t23-,25+;/m0./s1. The molecule has 2 aromatic rings. The van der Waals surface area contributed by atoms with Crippen molar-refractivity contribution in [3.63, 3.8) is 0 Å². The van der Waals surface area contributed by atoms with Gasteiger partial charge in [0.2, 0.25) is 11.9 Å². The van der Waals surface area contributed by atoms with Gasteiger partial charge in [-0.05, 0) is 71.7 Å². The van der Waals surface area contributed by atoms with Crippen LogP contribution in [0.25, 0.3) is 0 Å². The molecule has 0 unspecified atom stereocenters. The van der Waals surface area contributed by atoms with Gasteiger partial charge in [0.05, 0.1) is 5.92 Å². The highest BCUT2D eigenvalue weighted by atomic mass is 19.4. The summed E-state index contributed by atoms with van der Waals surface area (Å²) in [7, 11) is 0. The fourth-order valence-corrected chi connectivity index (χ4v) is 5.52. The molecule has 1 aromatic carbocycles. The number of alkyl halides is 3. The molecule has 2 atom stereocenters. The van der Waals surface area contributed by atoms with Crippen molar-refractivity contribution in [2.45, 2.75) is 85.2 Å². The molecule has 0 spiro atoms. The van der Waals surface area contributed by atoms with Crippen molar-refractivity contribution in [2.24, 2.45) is 5.92 Å². The minimum Gasteiger partial charge on any atom is -0.444 e. The number of anilines is 3. The lowest BCUT2D eigenvalue weighted by atomic mass is 10.0. The van der Waals surface area contributed by atoms with E-state index < -0.39 is 35.1 Å². The smallest absolute Gasteiger partial charge is 0.421 e. The Balaban J connectivity index is 0.00000625. The number of nitrogens with zero attached hydrogens (tertiary/aromatic N) is 4. The number of aromatic nitrogens is 2. The van der Waals surface area contributed by atoms with E-state index in [0.29, 0.717) is 69.8 Å². The monoisotopic (exact) mass is 678 g/mol. The maximum absolute atomic E-state index is 13.8. The van der Waals surface area contributed by atoms with Crippen molar-refractivity contribution < 1.29 is 32.3 Å². The molecule has 1 aromatic heterocycles. The molecule has 1 aliphatic carbocycles. The predicted octanol–water partition coefficient (Wildman–Crippen LogP) is 5.26. The molecule has 3 amide bonds. The first-order chi connectivity index (χ1) is 22.1. The van der Waals surface area contributed by atoms with Gasteiger partial charge in [-0.2, -0.15) is 18.2 Å². The summed E-state index contributed by atoms with van der Waals surface area (Å²) in [6, 6.07) is 5.83. The molecule has 12 nitrogen and oxygen atoms in total. The molecule has 4 N–H and O–H groups in total. The Morgan fingerprint density at radius 2 is 1.69 bits per heavy atom. The third-order valence-corrected chi connectivity index (χ3v) is 7.84. The Morgan fingerprint density at radius 3 is 2.29 bits per heavy atom. The van der Waals surface area contributed by atoms with E-state index in [9.17, 15) is 27.6 Å². The molecule has 48 heavy (non-hydrogen) atoms. The molecule has 15 heteroatoms. The first kappa shape index (κ1) is 38.3. The summed E-state index contributed by atoms with van der Waals surface area (Å²) in [6.07, 6.45) is -2.49. The summed E-state index contributed by atoms with van der Waals surface area (Å²) in [4.78, 5) is 49.5. The van der Waals surface area contributed by atoms with E-state index in [1.54, 1.807) is 29.2 Å². The van der Waals surface area contributed by atoms with E-state index >= 15 is 0 Å². The molecule has 2 heterocycles. The van der Waals surface area contributed by atoms with Crippen molar-refractivity contribution in [1.82, 2.24) is 30.4 Å². The molecule has 1 saturated carbocycles. The molecule has 2 aliphatic rings. The number of carbonyl (C=O) groups excluding carboxylic acids is 3. The highest BCUT2D eigenvalue weighted by molar-refractivity contribution is 5.94. The van der Waals surface area contributed by atoms with Crippen LogP contribution in [-0.2, 0) is 15.7 Å². The Bertz CT molecular complexity index is 1390. The number of hydrogen-bond acceptors (Lipinski definition) is 9. The summed E-state index contributed by atoms with van der Waals surface area (Å²) in [5.41, 5.74) is -0.676. The molecule has 4 rings (SSSR count). The number of benzene rings is 1. The highest BCUT2D eigenvalue weighted by Crippen LogP contribution is 2.36. The lowest BCUT2D eigenvalue weighted by Crippen LogP contribution is -2.51. The Morgan fingerprint density at radius 1 is 1.02 bits per heavy atom. The molecule has 0 bridgehead atoms. The van der Waals surface area contributed by atoms with Gasteiger partial charge in [0, 0.05) is 68.8 Å². The zero-order valence-corrected chi connectivity index (χ0v) is 27.5. The topological polar surface area (TPSA) is 141 Å². The van der Waals surface area contributed by atoms with Crippen molar-refractivity contribution in [2.75, 3.05) is 49.9 Å². The van der Waals surface area contributed by atoms with Crippen LogP contribution in [0.2, 0.25) is 0 Å². The zero-order chi connectivity index (χ0) is 34.4. The van der Waals surface area contributed by atoms with Crippen molar-refractivity contribution in [3.8, 4) is 0 Å². The van der Waals surface area contributed by atoms with Crippen LogP contribution in [0.1, 0.15) is 77.2 Å². The quantitative estimate of drug-likeness (QED) is 0.265. The van der Waals surface area contributed by atoms with E-state index in [0.717, 1.165) is 6.20 Å². The van der Waals surface area contributed by atoms with Crippen LogP contribution in [0.5, 0.6) is 0 Å². The summed E-state index contributed by atoms with van der Waals surface area (Å²) in [6.45, 7) is 12.7. The van der Waals surface area contributed by atoms with Gasteiger partial charge in [-0.3, -0.25) is 14.5 Å². The van der Waals surface area contributed by atoms with E-state index in [2.05, 4.69) is 36.1 Å². The van der Waals surface area contributed by atoms with Crippen LogP contribution in [0, 0.1) is 5.92 Å². The Kier molecular flexibility index (Phi) is 13.0. The van der Waals surface area contributed by atoms with Crippen LogP contribution in [-0.4, -0.2) is 94.6 Å². The van der Waals surface area contributed by atoms with Crippen molar-refractivity contribution in [1.29, 1.82) is 0 Å². The number of carbonyl (C=O) groups is 3. The number of amides is 3. The molecule has 1 saturated heterocycles. The van der Waals surface area contributed by atoms with Crippen LogP contribution >= 0.6 is 0 Å². The average Bonchev–Trinajstić information content (AvgIpc) is 3.44. The summed E-state index contributed by atoms with van der Waals surface area (Å²) in [5, 5.41) is 11.5. The van der Waals surface area contributed by atoms with E-state index in [1.165, 1.54) is 0 Å². The molecule has 266 valence electrons. The number of hydrogen-bond donors (Lipinski definition) is 4. The maximum atomic E-state index is 13.8. The predicted molar refractivity (Wildman–Crippen MR) is 178 cm³/mol. The Hall–Kier alpha value is -4.14. The second-order valence-corrected chi connectivity index (χ2v) is 13.2. The van der Waals surface area contributed by atoms with Crippen LogP contribution in [0.3, 0.4) is 0 Å². The van der Waals surface area contributed by atoms with E-state index in [4.69, 9.17) is 4.74 Å². The second-order valence-electron chi connectivity index (χ2n) is 13.2. The normalized spacial score (nSPS) is 18.6. The number of rotatable bonds is 10. The fraction of sp³-hybridized carbons (Fsp3) is 0.606. The lowest BCUT2D eigenvalue weighted by Gasteiger charge is -2.35. The van der Waals surface area contributed by atoms with Crippen LogP contribution < -0.4 is 21.3 Å². The van der Waals surface area contributed by atoms with Gasteiger partial charge in [0.1, 0.15) is 17.0 Å². The number of piperazine rings is 1. The third kappa shape index (κ3) is 11.0. The first-order valence-electron chi connectivity index (χ1n) is 16.0. The largest absolute Gasteiger partial charge is 0.444 e. The SMILES string of the molecule is C.CC(C)NC(=O)[C@H]1CCC[C@H]1Nc1nc(Nc2ccc(C(=O)NCCN3CCN(C(=O)OC(C)(C)C)CC3)cc2)ncc1C(F)(F)F. The van der Waals surface area contributed by atoms with Crippen LogP contribution in [0.4, 0.5) is 35.4 Å². The number of halogens is 3. The van der Waals surface area contributed by atoms with Gasteiger partial charge >= 0.3 is 12.3 Å². The minimum atomic E-state index is -4.70. The summed E-state index contributed by atoms with van der Waals surface area (Å²) >= 11 is 0. The highest BCUT2D eigenvalue weighted by Gasteiger charge is 2.39. The fourth-order valence-electron chi connectivity index (χ4n) is 5.52. The first-order valence-corrected chi connectivity index (χ1v) is 16.0. The lowest BCUT2D eigenvalue weighted by molar-refractivity contribution is -0.137. The second kappa shape index (κ2) is 16.3. The summed E-state index contributed by atoms with van der Waals surface area (Å²) in [5.74, 6) is -1.40. The molecular formula is C33H49F3N8O4. The van der Waals surface area contributed by atoms with Gasteiger partial charge in [0.15, 0.2) is 0 Å². The Labute approximate surface area is 280 Å². The van der Waals surface area contributed by atoms with Gasteiger partial charge < -0.3 is 30.9 Å². The molecular weight excluding hydrogens is 629 g/mol. The third-order valence-electron chi connectivity index (χ3n) is 7.84. The average molecular weight is 679 g/mol. The number of nitrogens with one attached hydrogen (secondary N) is 4. The summed E-state index contributed by atoms with van der Waals surface area (Å²) < 4.78 is 46.9. The molecule has 1 aliphatic heterocycles. The molecule has 0 radical (unpaired) electrons. The molecule has 2 fully saturated rings. The van der Waals surface area contributed by atoms with Gasteiger partial charge in [-0.1, -0.05) is 13.8 Å². The van der Waals surface area contributed by atoms with Crippen LogP contribution in [0.15, 0.2) is 30.5 Å². The maximum Gasteiger partial charge on any atom is 0.421 e. The van der Waals surface area contributed by atoms with Crippen molar-refractivity contribution >= 4 is 35.4 Å². The van der Waals surface area contributed by atoms with E-state index in [1.807, 2.05) is 34.6 Å². The minimum absolute atomic E-state index is 0. The van der Waals surface area contributed by atoms with Gasteiger partial charge in [0.25, 0.3) is 5.91 Å². The van der Waals surface area contributed by atoms with E-state index in [-0.39, 0.29) is 37.3 Å². The van der Waals surface area contributed by atoms with Gasteiger partial charge in [-0.15, -0.1) is 0 Å². The van der Waals surface area contributed by atoms with Gasteiger partial charge in [-0.25, -0.2) is 9.78 Å². The van der Waals surface area contributed by atoms with Crippen molar-refractivity contribution in [3.05, 3.63) is 41.6 Å². The number of ether oxygens (including phenoxy) is 1.